The van der Waals surface area contributed by atoms with Gasteiger partial charge in [0.2, 0.25) is 0 Å². The highest BCUT2D eigenvalue weighted by Gasteiger charge is 2.29. The second kappa shape index (κ2) is 6.49. The van der Waals surface area contributed by atoms with Crippen LogP contribution in [-0.2, 0) is 14.3 Å². The molecule has 1 heterocycles. The number of aliphatic carboxylic acids is 1. The van der Waals surface area contributed by atoms with Crippen molar-refractivity contribution in [3.63, 3.8) is 0 Å². The third-order valence-corrected chi connectivity index (χ3v) is 2.94. The van der Waals surface area contributed by atoms with Crippen LogP contribution < -0.4 is 4.74 Å². The molecule has 0 unspecified atom stereocenters. The van der Waals surface area contributed by atoms with E-state index >= 15 is 0 Å². The number of ether oxygens (including phenoxy) is 2. The van der Waals surface area contributed by atoms with Crippen molar-refractivity contribution in [1.82, 2.24) is 4.90 Å². The van der Waals surface area contributed by atoms with Gasteiger partial charge in [-0.15, -0.1) is 0 Å². The van der Waals surface area contributed by atoms with Crippen LogP contribution in [0.5, 0.6) is 5.75 Å². The van der Waals surface area contributed by atoms with Gasteiger partial charge in [0.25, 0.3) is 5.91 Å². The Morgan fingerprint density at radius 2 is 2.19 bits per heavy atom. The molecule has 1 aliphatic heterocycles. The molecule has 1 N–H and O–H groups in total. The lowest BCUT2D eigenvalue weighted by molar-refractivity contribution is -0.159. The summed E-state index contributed by atoms with van der Waals surface area (Å²) >= 11 is 0. The number of morpholine rings is 1. The Morgan fingerprint density at radius 3 is 2.86 bits per heavy atom. The molecular weight excluding hydrogens is 288 g/mol. The fraction of sp³-hybridized carbons (Fsp3) is 0.385. The molecule has 8 heteroatoms. The predicted molar refractivity (Wildman–Crippen MR) is 65.8 cm³/mol. The summed E-state index contributed by atoms with van der Waals surface area (Å²) in [6.45, 7) is -0.218. The number of amides is 1. The number of benzene rings is 1. The number of carbonyl (C=O) groups is 2. The molecular formula is C13H13F2NO5. The minimum Gasteiger partial charge on any atom is -0.481 e. The van der Waals surface area contributed by atoms with Crippen LogP contribution in [0, 0.1) is 11.6 Å². The van der Waals surface area contributed by atoms with Crippen molar-refractivity contribution >= 4 is 11.9 Å². The Bertz CT molecular complexity index is 551. The molecule has 0 spiro atoms. The summed E-state index contributed by atoms with van der Waals surface area (Å²) in [5.41, 5.74) is 0. The molecule has 6 nitrogen and oxygen atoms in total. The Labute approximate surface area is 118 Å². The van der Waals surface area contributed by atoms with E-state index in [9.17, 15) is 18.4 Å². The third-order valence-electron chi connectivity index (χ3n) is 2.94. The summed E-state index contributed by atoms with van der Waals surface area (Å²) in [4.78, 5) is 23.9. The summed E-state index contributed by atoms with van der Waals surface area (Å²) in [6, 6.07) is 2.74. The molecule has 0 saturated carbocycles. The van der Waals surface area contributed by atoms with Crippen LogP contribution in [0.25, 0.3) is 0 Å². The Hall–Kier alpha value is -2.22. The van der Waals surface area contributed by atoms with Crippen LogP contribution in [-0.4, -0.2) is 54.3 Å². The first kappa shape index (κ1) is 15.2. The zero-order valence-electron chi connectivity index (χ0n) is 10.9. The van der Waals surface area contributed by atoms with E-state index in [4.69, 9.17) is 14.6 Å². The number of hydrogen-bond donors (Lipinski definition) is 1. The SMILES string of the molecule is O=C(O)[C@@H]1CN(C(=O)COc2ccc(F)cc2F)CCO1. The molecule has 0 bridgehead atoms. The molecule has 0 radical (unpaired) electrons. The van der Waals surface area contributed by atoms with E-state index in [0.717, 1.165) is 12.1 Å². The molecule has 21 heavy (non-hydrogen) atoms. The number of nitrogens with zero attached hydrogens (tertiary/aromatic N) is 1. The quantitative estimate of drug-likeness (QED) is 0.884. The van der Waals surface area contributed by atoms with E-state index in [1.165, 1.54) is 4.90 Å². The van der Waals surface area contributed by atoms with Gasteiger partial charge in [-0.2, -0.15) is 0 Å². The lowest BCUT2D eigenvalue weighted by atomic mass is 10.2. The molecule has 0 aromatic heterocycles. The second-order valence-corrected chi connectivity index (χ2v) is 4.40. The third kappa shape index (κ3) is 3.88. The van der Waals surface area contributed by atoms with Crippen LogP contribution >= 0.6 is 0 Å². The van der Waals surface area contributed by atoms with E-state index in [-0.39, 0.29) is 25.4 Å². The minimum absolute atomic E-state index is 0.0938. The molecule has 1 aromatic rings. The molecule has 0 aliphatic carbocycles. The van der Waals surface area contributed by atoms with Gasteiger partial charge in [-0.05, 0) is 12.1 Å². The normalized spacial score (nSPS) is 18.4. The topological polar surface area (TPSA) is 76.1 Å². The van der Waals surface area contributed by atoms with Gasteiger partial charge < -0.3 is 19.5 Å². The maximum Gasteiger partial charge on any atom is 0.334 e. The highest BCUT2D eigenvalue weighted by atomic mass is 19.1. The van der Waals surface area contributed by atoms with Crippen molar-refractivity contribution in [2.24, 2.45) is 0 Å². The predicted octanol–water partition coefficient (Wildman–Crippen LogP) is 0.656. The van der Waals surface area contributed by atoms with Crippen molar-refractivity contribution in [2.75, 3.05) is 26.3 Å². The van der Waals surface area contributed by atoms with Gasteiger partial charge in [0.1, 0.15) is 5.82 Å². The molecule has 1 fully saturated rings. The highest BCUT2D eigenvalue weighted by molar-refractivity contribution is 5.79. The number of rotatable bonds is 4. The van der Waals surface area contributed by atoms with Gasteiger partial charge in [-0.3, -0.25) is 4.79 Å². The Morgan fingerprint density at radius 1 is 1.43 bits per heavy atom. The van der Waals surface area contributed by atoms with Crippen LogP contribution in [0.4, 0.5) is 8.78 Å². The summed E-state index contributed by atoms with van der Waals surface area (Å²) in [5.74, 6) is -3.55. The van der Waals surface area contributed by atoms with E-state index in [0.29, 0.717) is 6.07 Å². The highest BCUT2D eigenvalue weighted by Crippen LogP contribution is 2.17. The van der Waals surface area contributed by atoms with Gasteiger partial charge in [0, 0.05) is 12.6 Å². The van der Waals surface area contributed by atoms with Gasteiger partial charge in [-0.1, -0.05) is 0 Å². The minimum atomic E-state index is -1.15. The van der Waals surface area contributed by atoms with Crippen molar-refractivity contribution in [2.45, 2.75) is 6.10 Å². The Balaban J connectivity index is 1.90. The van der Waals surface area contributed by atoms with Crippen molar-refractivity contribution < 1.29 is 33.0 Å². The van der Waals surface area contributed by atoms with Gasteiger partial charge in [-0.25, -0.2) is 13.6 Å². The first-order chi connectivity index (χ1) is 9.97. The largest absolute Gasteiger partial charge is 0.481 e. The summed E-state index contributed by atoms with van der Waals surface area (Å²) in [6.07, 6.45) is -1.08. The lowest BCUT2D eigenvalue weighted by Gasteiger charge is -2.30. The Kier molecular flexibility index (Phi) is 4.69. The van der Waals surface area contributed by atoms with E-state index in [1.54, 1.807) is 0 Å². The van der Waals surface area contributed by atoms with Crippen LogP contribution in [0.2, 0.25) is 0 Å². The second-order valence-electron chi connectivity index (χ2n) is 4.40. The zero-order chi connectivity index (χ0) is 15.4. The van der Waals surface area contributed by atoms with E-state index in [1.807, 2.05) is 0 Å². The molecule has 1 aliphatic rings. The molecule has 1 aromatic carbocycles. The summed E-state index contributed by atoms with van der Waals surface area (Å²) < 4.78 is 36.0. The van der Waals surface area contributed by atoms with E-state index < -0.39 is 36.2 Å². The number of carbonyl (C=O) groups excluding carboxylic acids is 1. The smallest absolute Gasteiger partial charge is 0.334 e. The first-order valence-corrected chi connectivity index (χ1v) is 6.17. The first-order valence-electron chi connectivity index (χ1n) is 6.17. The lowest BCUT2D eigenvalue weighted by Crippen LogP contribution is -2.49. The number of carboxylic acids is 1. The molecule has 1 saturated heterocycles. The number of carboxylic acid groups (broad SMARTS) is 1. The average Bonchev–Trinajstić information content (AvgIpc) is 2.46. The average molecular weight is 301 g/mol. The molecule has 1 amide bonds. The van der Waals surface area contributed by atoms with Crippen LogP contribution in [0.1, 0.15) is 0 Å². The van der Waals surface area contributed by atoms with Gasteiger partial charge in [0.05, 0.1) is 13.2 Å². The maximum atomic E-state index is 13.3. The van der Waals surface area contributed by atoms with Crippen molar-refractivity contribution in [3.8, 4) is 5.75 Å². The molecule has 2 rings (SSSR count). The number of halogens is 2. The van der Waals surface area contributed by atoms with Crippen LogP contribution in [0.15, 0.2) is 18.2 Å². The van der Waals surface area contributed by atoms with E-state index in [2.05, 4.69) is 0 Å². The molecule has 114 valence electrons. The number of hydrogen-bond acceptors (Lipinski definition) is 4. The maximum absolute atomic E-state index is 13.3. The standard InChI is InChI=1S/C13H13F2NO5/c14-8-1-2-10(9(15)5-8)21-7-12(17)16-3-4-20-11(6-16)13(18)19/h1-2,5,11H,3-4,6-7H2,(H,18,19)/t11-/m0/s1. The fourth-order valence-electron chi connectivity index (χ4n) is 1.85. The zero-order valence-corrected chi connectivity index (χ0v) is 10.9. The van der Waals surface area contributed by atoms with Crippen LogP contribution in [0.3, 0.4) is 0 Å². The van der Waals surface area contributed by atoms with Crippen molar-refractivity contribution in [1.29, 1.82) is 0 Å². The summed E-state index contributed by atoms with van der Waals surface area (Å²) in [5, 5.41) is 8.83. The fourth-order valence-corrected chi connectivity index (χ4v) is 1.85. The van der Waals surface area contributed by atoms with Crippen molar-refractivity contribution in [3.05, 3.63) is 29.8 Å². The summed E-state index contributed by atoms with van der Waals surface area (Å²) in [7, 11) is 0. The van der Waals surface area contributed by atoms with Gasteiger partial charge in [0.15, 0.2) is 24.3 Å². The van der Waals surface area contributed by atoms with Gasteiger partial charge >= 0.3 is 5.97 Å². The monoisotopic (exact) mass is 301 g/mol. The molecule has 1 atom stereocenters.